The minimum absolute atomic E-state index is 0.0388. The Morgan fingerprint density at radius 2 is 1.95 bits per heavy atom. The van der Waals surface area contributed by atoms with Gasteiger partial charge in [-0.25, -0.2) is 0 Å². The Kier molecular flexibility index (Phi) is 5.28. The fourth-order valence-electron chi connectivity index (χ4n) is 2.12. The molecule has 1 aromatic carbocycles. The van der Waals surface area contributed by atoms with Gasteiger partial charge in [0.1, 0.15) is 0 Å². The largest absolute Gasteiger partial charge is 0.354 e. The van der Waals surface area contributed by atoms with Crippen LogP contribution in [0.15, 0.2) is 36.5 Å². The molecule has 1 aromatic heterocycles. The van der Waals surface area contributed by atoms with Gasteiger partial charge in [0.15, 0.2) is 0 Å². The highest BCUT2D eigenvalue weighted by molar-refractivity contribution is 5.82. The van der Waals surface area contributed by atoms with Gasteiger partial charge >= 0.3 is 0 Å². The zero-order chi connectivity index (χ0) is 15.2. The van der Waals surface area contributed by atoms with E-state index in [-0.39, 0.29) is 11.9 Å². The molecule has 0 radical (unpaired) electrons. The van der Waals surface area contributed by atoms with Crippen molar-refractivity contribution in [1.29, 1.82) is 0 Å². The Balaban J connectivity index is 1.97. The highest BCUT2D eigenvalue weighted by Gasteiger charge is 2.12. The first-order valence-corrected chi connectivity index (χ1v) is 7.41. The molecule has 1 heterocycles. The summed E-state index contributed by atoms with van der Waals surface area (Å²) in [6.07, 6.45) is 1.80. The lowest BCUT2D eigenvalue weighted by Gasteiger charge is -2.15. The molecule has 0 bridgehead atoms. The molecule has 1 atom stereocenters. The Bertz CT molecular complexity index is 605. The van der Waals surface area contributed by atoms with Crippen LogP contribution < -0.4 is 10.6 Å². The molecule has 112 valence electrons. The third-order valence-electron chi connectivity index (χ3n) is 3.39. The monoisotopic (exact) mass is 285 g/mol. The summed E-state index contributed by atoms with van der Waals surface area (Å²) in [7, 11) is 0. The van der Waals surface area contributed by atoms with E-state index in [1.807, 2.05) is 37.3 Å². The molecule has 2 rings (SSSR count). The molecule has 0 saturated carbocycles. The van der Waals surface area contributed by atoms with Crippen LogP contribution in [0.5, 0.6) is 0 Å². The maximum absolute atomic E-state index is 11.9. The van der Waals surface area contributed by atoms with Crippen molar-refractivity contribution in [2.75, 3.05) is 6.54 Å². The first kappa shape index (κ1) is 15.4. The van der Waals surface area contributed by atoms with Crippen LogP contribution in [-0.4, -0.2) is 23.5 Å². The number of fused-ring (bicyclic) bond motifs is 1. The molecule has 0 aliphatic rings. The van der Waals surface area contributed by atoms with Crippen molar-refractivity contribution in [2.45, 2.75) is 33.4 Å². The smallest absolute Gasteiger partial charge is 0.236 e. The zero-order valence-corrected chi connectivity index (χ0v) is 12.9. The van der Waals surface area contributed by atoms with Crippen LogP contribution in [0.4, 0.5) is 0 Å². The number of nitrogens with one attached hydrogen (secondary N) is 2. The quantitative estimate of drug-likeness (QED) is 0.857. The van der Waals surface area contributed by atoms with E-state index in [1.165, 1.54) is 0 Å². The Morgan fingerprint density at radius 1 is 1.19 bits per heavy atom. The first-order valence-electron chi connectivity index (χ1n) is 7.41. The van der Waals surface area contributed by atoms with E-state index in [9.17, 15) is 4.79 Å². The number of aromatic nitrogens is 1. The summed E-state index contributed by atoms with van der Waals surface area (Å²) in [5.74, 6) is 0.500. The standard InChI is InChI=1S/C17H23N3O/c1-12(2)10-20-17(21)13(3)19-11-15-7-4-6-14-8-5-9-18-16(14)15/h4-9,12-13,19H,10-11H2,1-3H3,(H,20,21). The van der Waals surface area contributed by atoms with Gasteiger partial charge in [-0.2, -0.15) is 0 Å². The normalized spacial score (nSPS) is 12.6. The van der Waals surface area contributed by atoms with E-state index in [0.29, 0.717) is 19.0 Å². The van der Waals surface area contributed by atoms with E-state index in [2.05, 4.69) is 29.5 Å². The van der Waals surface area contributed by atoms with Gasteiger partial charge in [-0.3, -0.25) is 9.78 Å². The number of para-hydroxylation sites is 1. The van der Waals surface area contributed by atoms with Crippen LogP contribution in [0.25, 0.3) is 10.9 Å². The lowest BCUT2D eigenvalue weighted by atomic mass is 10.1. The fourth-order valence-corrected chi connectivity index (χ4v) is 2.12. The van der Waals surface area contributed by atoms with Crippen LogP contribution in [0.3, 0.4) is 0 Å². The number of nitrogens with zero attached hydrogens (tertiary/aromatic N) is 1. The highest BCUT2D eigenvalue weighted by atomic mass is 16.2. The van der Waals surface area contributed by atoms with E-state index in [4.69, 9.17) is 0 Å². The Hall–Kier alpha value is -1.94. The molecule has 4 heteroatoms. The number of amides is 1. The summed E-state index contributed by atoms with van der Waals surface area (Å²) in [5.41, 5.74) is 2.10. The molecule has 2 N–H and O–H groups in total. The van der Waals surface area contributed by atoms with Crippen molar-refractivity contribution < 1.29 is 4.79 Å². The van der Waals surface area contributed by atoms with Crippen molar-refractivity contribution in [3.8, 4) is 0 Å². The van der Waals surface area contributed by atoms with Crippen molar-refractivity contribution in [2.24, 2.45) is 5.92 Å². The fraction of sp³-hybridized carbons (Fsp3) is 0.412. The maximum atomic E-state index is 11.9. The SMILES string of the molecule is CC(C)CNC(=O)C(C)NCc1cccc2cccnc12. The molecular weight excluding hydrogens is 262 g/mol. The minimum Gasteiger partial charge on any atom is -0.354 e. The second-order valence-corrected chi connectivity index (χ2v) is 5.73. The summed E-state index contributed by atoms with van der Waals surface area (Å²) in [5, 5.41) is 7.32. The number of benzene rings is 1. The lowest BCUT2D eigenvalue weighted by molar-refractivity contribution is -0.122. The van der Waals surface area contributed by atoms with Crippen LogP contribution in [0.2, 0.25) is 0 Å². The molecule has 21 heavy (non-hydrogen) atoms. The van der Waals surface area contributed by atoms with Gasteiger partial charge < -0.3 is 10.6 Å². The molecule has 0 aliphatic heterocycles. The van der Waals surface area contributed by atoms with Gasteiger partial charge in [0, 0.05) is 24.7 Å². The van der Waals surface area contributed by atoms with Gasteiger partial charge in [-0.15, -0.1) is 0 Å². The maximum Gasteiger partial charge on any atom is 0.236 e. The number of hydrogen-bond donors (Lipinski definition) is 2. The summed E-state index contributed by atoms with van der Waals surface area (Å²) >= 11 is 0. The molecule has 0 aliphatic carbocycles. The van der Waals surface area contributed by atoms with Crippen molar-refractivity contribution >= 4 is 16.8 Å². The molecule has 4 nitrogen and oxygen atoms in total. The lowest BCUT2D eigenvalue weighted by Crippen LogP contribution is -2.43. The third kappa shape index (κ3) is 4.26. The van der Waals surface area contributed by atoms with Gasteiger partial charge in [-0.05, 0) is 24.5 Å². The molecular formula is C17H23N3O. The topological polar surface area (TPSA) is 54.0 Å². The van der Waals surface area contributed by atoms with Crippen molar-refractivity contribution in [1.82, 2.24) is 15.6 Å². The van der Waals surface area contributed by atoms with Crippen LogP contribution >= 0.6 is 0 Å². The molecule has 1 unspecified atom stereocenters. The van der Waals surface area contributed by atoms with E-state index in [0.717, 1.165) is 16.5 Å². The summed E-state index contributed by atoms with van der Waals surface area (Å²) in [6, 6.07) is 9.87. The van der Waals surface area contributed by atoms with Crippen molar-refractivity contribution in [3.05, 3.63) is 42.1 Å². The number of carbonyl (C=O) groups excluding carboxylic acids is 1. The van der Waals surface area contributed by atoms with Crippen LogP contribution in [0.1, 0.15) is 26.3 Å². The van der Waals surface area contributed by atoms with Gasteiger partial charge in [0.05, 0.1) is 11.6 Å². The third-order valence-corrected chi connectivity index (χ3v) is 3.39. The van der Waals surface area contributed by atoms with Crippen LogP contribution in [-0.2, 0) is 11.3 Å². The number of carbonyl (C=O) groups is 1. The van der Waals surface area contributed by atoms with E-state index >= 15 is 0 Å². The summed E-state index contributed by atoms with van der Waals surface area (Å²) < 4.78 is 0. The Labute approximate surface area is 126 Å². The minimum atomic E-state index is -0.220. The van der Waals surface area contributed by atoms with Crippen LogP contribution in [0, 0.1) is 5.92 Å². The molecule has 0 spiro atoms. The highest BCUT2D eigenvalue weighted by Crippen LogP contribution is 2.15. The molecule has 2 aromatic rings. The molecule has 0 saturated heterocycles. The predicted molar refractivity (Wildman–Crippen MR) is 85.9 cm³/mol. The zero-order valence-electron chi connectivity index (χ0n) is 12.9. The number of rotatable bonds is 6. The molecule has 1 amide bonds. The van der Waals surface area contributed by atoms with Gasteiger partial charge in [0.2, 0.25) is 5.91 Å². The predicted octanol–water partition coefficient (Wildman–Crippen LogP) is 2.49. The van der Waals surface area contributed by atoms with E-state index in [1.54, 1.807) is 6.20 Å². The van der Waals surface area contributed by atoms with E-state index < -0.39 is 0 Å². The first-order chi connectivity index (χ1) is 10.1. The Morgan fingerprint density at radius 3 is 2.71 bits per heavy atom. The van der Waals surface area contributed by atoms with Crippen molar-refractivity contribution in [3.63, 3.8) is 0 Å². The summed E-state index contributed by atoms with van der Waals surface area (Å²) in [6.45, 7) is 7.39. The second-order valence-electron chi connectivity index (χ2n) is 5.73. The average Bonchev–Trinajstić information content (AvgIpc) is 2.50. The number of pyridine rings is 1. The number of hydrogen-bond acceptors (Lipinski definition) is 3. The summed E-state index contributed by atoms with van der Waals surface area (Å²) in [4.78, 5) is 16.4. The van der Waals surface area contributed by atoms with Gasteiger partial charge in [0.25, 0.3) is 0 Å². The molecule has 0 fully saturated rings. The average molecular weight is 285 g/mol. The van der Waals surface area contributed by atoms with Gasteiger partial charge in [-0.1, -0.05) is 38.1 Å². The second kappa shape index (κ2) is 7.18.